The van der Waals surface area contributed by atoms with E-state index in [0.717, 1.165) is 16.7 Å². The summed E-state index contributed by atoms with van der Waals surface area (Å²) in [5, 5.41) is 20.6. The van der Waals surface area contributed by atoms with Crippen LogP contribution in [0.15, 0.2) is 24.3 Å². The third-order valence-corrected chi connectivity index (χ3v) is 5.65. The normalized spacial score (nSPS) is 12.1. The maximum Gasteiger partial charge on any atom is 0.305 e. The van der Waals surface area contributed by atoms with Gasteiger partial charge < -0.3 is 15.5 Å². The zero-order chi connectivity index (χ0) is 25.3. The minimum absolute atomic E-state index is 0.106. The summed E-state index contributed by atoms with van der Waals surface area (Å²) in [7, 11) is 0. The van der Waals surface area contributed by atoms with E-state index < -0.39 is 47.0 Å². The molecule has 1 heterocycles. The van der Waals surface area contributed by atoms with E-state index in [0.29, 0.717) is 0 Å². The van der Waals surface area contributed by atoms with Crippen LogP contribution in [0.2, 0.25) is 5.02 Å². The molecule has 0 aliphatic rings. The van der Waals surface area contributed by atoms with Gasteiger partial charge in [-0.05, 0) is 44.0 Å². The number of phenols is 1. The number of carbonyl (C=O) groups excluding carboxylic acids is 2. The van der Waals surface area contributed by atoms with Gasteiger partial charge >= 0.3 is 5.97 Å². The first kappa shape index (κ1) is 25.1. The second-order valence-corrected chi connectivity index (χ2v) is 8.22. The number of aliphatic carboxylic acids is 1. The van der Waals surface area contributed by atoms with Gasteiger partial charge in [-0.3, -0.25) is 19.0 Å². The Morgan fingerprint density at radius 3 is 2.44 bits per heavy atom. The summed E-state index contributed by atoms with van der Waals surface area (Å²) in [4.78, 5) is 36.2. The maximum atomic E-state index is 14.9. The molecule has 3 aromatic rings. The number of aromatic hydroxyl groups is 1. The van der Waals surface area contributed by atoms with Gasteiger partial charge in [0, 0.05) is 35.2 Å². The minimum Gasteiger partial charge on any atom is -0.503 e. The first-order valence-corrected chi connectivity index (χ1v) is 10.5. The molecule has 0 saturated carbocycles. The number of carboxylic acids is 1. The lowest BCUT2D eigenvalue weighted by Crippen LogP contribution is -2.34. The molecule has 7 nitrogen and oxygen atoms in total. The van der Waals surface area contributed by atoms with Gasteiger partial charge in [0.05, 0.1) is 17.0 Å². The molecule has 3 N–H and O–H groups in total. The number of nitrogens with one attached hydrogen (secondary N) is 1. The number of halogens is 4. The number of amides is 1. The largest absolute Gasteiger partial charge is 0.503 e. The Morgan fingerprint density at radius 2 is 1.82 bits per heavy atom. The van der Waals surface area contributed by atoms with Crippen molar-refractivity contribution in [2.45, 2.75) is 39.2 Å². The van der Waals surface area contributed by atoms with Crippen LogP contribution in [-0.4, -0.2) is 38.6 Å². The van der Waals surface area contributed by atoms with Gasteiger partial charge in [0.2, 0.25) is 5.91 Å². The first-order valence-electron chi connectivity index (χ1n) is 10.1. The van der Waals surface area contributed by atoms with Crippen LogP contribution < -0.4 is 5.32 Å². The summed E-state index contributed by atoms with van der Waals surface area (Å²) < 4.78 is 44.0. The number of aromatic nitrogens is 1. The van der Waals surface area contributed by atoms with Crippen LogP contribution >= 0.6 is 11.6 Å². The first-order chi connectivity index (χ1) is 15.9. The lowest BCUT2D eigenvalue weighted by molar-refractivity contribution is -0.137. The molecule has 0 bridgehead atoms. The van der Waals surface area contributed by atoms with Crippen molar-refractivity contribution in [2.75, 3.05) is 0 Å². The number of benzene rings is 2. The smallest absolute Gasteiger partial charge is 0.305 e. The van der Waals surface area contributed by atoms with Crippen molar-refractivity contribution in [2.24, 2.45) is 0 Å². The third kappa shape index (κ3) is 4.86. The molecule has 0 fully saturated rings. The van der Waals surface area contributed by atoms with Gasteiger partial charge in [0.25, 0.3) is 5.91 Å². The number of carboxylic acid groups (broad SMARTS) is 1. The summed E-state index contributed by atoms with van der Waals surface area (Å²) in [6.07, 6.45) is -0.603. The summed E-state index contributed by atoms with van der Waals surface area (Å²) >= 11 is 5.66. The molecule has 0 unspecified atom stereocenters. The van der Waals surface area contributed by atoms with Crippen molar-refractivity contribution in [1.82, 2.24) is 9.88 Å². The number of aryl methyl sites for hydroxylation is 1. The predicted octanol–water partition coefficient (Wildman–Crippen LogP) is 4.33. The van der Waals surface area contributed by atoms with E-state index in [9.17, 15) is 32.7 Å². The molecular weight excluding hydrogens is 477 g/mol. The van der Waals surface area contributed by atoms with Crippen LogP contribution in [0.4, 0.5) is 13.2 Å². The predicted molar refractivity (Wildman–Crippen MR) is 118 cm³/mol. The highest BCUT2D eigenvalue weighted by Gasteiger charge is 2.26. The van der Waals surface area contributed by atoms with Crippen molar-refractivity contribution in [3.8, 4) is 5.75 Å². The lowest BCUT2D eigenvalue weighted by Gasteiger charge is -2.12. The monoisotopic (exact) mass is 496 g/mol. The van der Waals surface area contributed by atoms with Crippen LogP contribution in [-0.2, 0) is 16.0 Å². The number of carbonyl (C=O) groups is 3. The Morgan fingerprint density at radius 1 is 1.15 bits per heavy atom. The fourth-order valence-corrected chi connectivity index (χ4v) is 3.90. The van der Waals surface area contributed by atoms with Crippen molar-refractivity contribution < 1.29 is 37.8 Å². The van der Waals surface area contributed by atoms with Crippen molar-refractivity contribution >= 4 is 40.3 Å². The molecule has 1 atom stereocenters. The fourth-order valence-electron chi connectivity index (χ4n) is 3.78. The van der Waals surface area contributed by atoms with Crippen LogP contribution in [0.25, 0.3) is 10.9 Å². The highest BCUT2D eigenvalue weighted by atomic mass is 35.5. The van der Waals surface area contributed by atoms with Crippen LogP contribution in [0, 0.1) is 24.4 Å². The summed E-state index contributed by atoms with van der Waals surface area (Å²) in [5.74, 6) is -7.12. The highest BCUT2D eigenvalue weighted by Crippen LogP contribution is 2.36. The summed E-state index contributed by atoms with van der Waals surface area (Å²) in [6, 6.07) is 3.44. The van der Waals surface area contributed by atoms with Crippen LogP contribution in [0.5, 0.6) is 5.75 Å². The number of rotatable bonds is 7. The molecular formula is C23H20ClF3N2O5. The molecule has 34 heavy (non-hydrogen) atoms. The molecule has 0 saturated heterocycles. The van der Waals surface area contributed by atoms with Crippen molar-refractivity contribution in [1.29, 1.82) is 0 Å². The van der Waals surface area contributed by atoms with E-state index in [1.54, 1.807) is 0 Å². The summed E-state index contributed by atoms with van der Waals surface area (Å²) in [6.45, 7) is 2.95. The zero-order valence-corrected chi connectivity index (χ0v) is 18.8. The van der Waals surface area contributed by atoms with Crippen LogP contribution in [0.3, 0.4) is 0 Å². The third-order valence-electron chi connectivity index (χ3n) is 5.35. The highest BCUT2D eigenvalue weighted by molar-refractivity contribution is 6.30. The standard InChI is InChI=1S/C23H20ClF3N2O5/c1-10(7-19(31)32)28-18(30)6-4-13-11(2)29(17-9-16(26)22(33)21(27)20(13)17)23(34)12-3-5-14(24)15(25)8-12/h3,5,8-10,33H,4,6-7H2,1-2H3,(H,28,30)(H,31,32)/t10-/m0/s1. The van der Waals surface area contributed by atoms with E-state index in [1.807, 2.05) is 0 Å². The molecule has 180 valence electrons. The molecule has 0 radical (unpaired) electrons. The van der Waals surface area contributed by atoms with Gasteiger partial charge in [0.1, 0.15) is 5.82 Å². The zero-order valence-electron chi connectivity index (χ0n) is 18.1. The molecule has 0 spiro atoms. The second-order valence-electron chi connectivity index (χ2n) is 7.81. The number of nitrogens with zero attached hydrogens (tertiary/aromatic N) is 1. The quantitative estimate of drug-likeness (QED) is 0.451. The Bertz CT molecular complexity index is 1320. The van der Waals surface area contributed by atoms with Gasteiger partial charge in [-0.1, -0.05) is 11.6 Å². The fraction of sp³-hybridized carbons (Fsp3) is 0.261. The van der Waals surface area contributed by atoms with E-state index in [-0.39, 0.29) is 52.0 Å². The number of hydrogen-bond acceptors (Lipinski definition) is 4. The van der Waals surface area contributed by atoms with E-state index in [2.05, 4.69) is 5.32 Å². The van der Waals surface area contributed by atoms with E-state index in [4.69, 9.17) is 16.7 Å². The van der Waals surface area contributed by atoms with Crippen molar-refractivity contribution in [3.63, 3.8) is 0 Å². The van der Waals surface area contributed by atoms with E-state index in [1.165, 1.54) is 26.0 Å². The number of fused-ring (bicyclic) bond motifs is 1. The Hall–Kier alpha value is -3.53. The number of phenolic OH excluding ortho intramolecular Hbond substituents is 1. The molecule has 0 aliphatic carbocycles. The molecule has 11 heteroatoms. The maximum absolute atomic E-state index is 14.9. The van der Waals surface area contributed by atoms with Crippen molar-refractivity contribution in [3.05, 3.63) is 63.6 Å². The Labute approximate surface area is 196 Å². The van der Waals surface area contributed by atoms with E-state index >= 15 is 0 Å². The summed E-state index contributed by atoms with van der Waals surface area (Å²) in [5.41, 5.74) is -0.0276. The lowest BCUT2D eigenvalue weighted by atomic mass is 10.0. The molecule has 3 rings (SSSR count). The topological polar surface area (TPSA) is 109 Å². The second kappa shape index (κ2) is 9.76. The Balaban J connectivity index is 2.05. The Kier molecular flexibility index (Phi) is 7.21. The average Bonchev–Trinajstić information content (AvgIpc) is 3.02. The molecule has 1 amide bonds. The molecule has 1 aromatic heterocycles. The van der Waals surface area contributed by atoms with Gasteiger partial charge in [-0.15, -0.1) is 0 Å². The molecule has 0 aliphatic heterocycles. The number of hydrogen-bond donors (Lipinski definition) is 3. The van der Waals surface area contributed by atoms with Crippen LogP contribution in [0.1, 0.15) is 41.4 Å². The SMILES string of the molecule is Cc1c(CCC(=O)N[C@@H](C)CC(=O)O)c2c(F)c(O)c(F)cc2n1C(=O)c1ccc(Cl)c(F)c1. The molecule has 2 aromatic carbocycles. The average molecular weight is 497 g/mol. The van der Waals surface area contributed by atoms with Gasteiger partial charge in [-0.2, -0.15) is 0 Å². The van der Waals surface area contributed by atoms with Gasteiger partial charge in [0.15, 0.2) is 17.4 Å². The minimum atomic E-state index is -1.30. The van der Waals surface area contributed by atoms with Gasteiger partial charge in [-0.25, -0.2) is 13.2 Å².